The van der Waals surface area contributed by atoms with E-state index in [0.29, 0.717) is 10.8 Å². The van der Waals surface area contributed by atoms with Gasteiger partial charge in [0.1, 0.15) is 11.8 Å². The number of halogens is 1. The van der Waals surface area contributed by atoms with Crippen molar-refractivity contribution in [2.24, 2.45) is 0 Å². The van der Waals surface area contributed by atoms with Gasteiger partial charge in [0.15, 0.2) is 6.61 Å². The van der Waals surface area contributed by atoms with Crippen LogP contribution in [0.15, 0.2) is 24.3 Å². The van der Waals surface area contributed by atoms with Crippen molar-refractivity contribution in [3.63, 3.8) is 0 Å². The molecule has 0 aliphatic heterocycles. The van der Waals surface area contributed by atoms with Crippen molar-refractivity contribution in [2.75, 3.05) is 13.2 Å². The molecule has 0 spiro atoms. The lowest BCUT2D eigenvalue weighted by molar-refractivity contribution is -0.143. The smallest absolute Gasteiger partial charge is 0.328 e. The Kier molecular flexibility index (Phi) is 5.41. The normalized spacial score (nSPS) is 11.7. The molecule has 1 aromatic carbocycles. The van der Waals surface area contributed by atoms with Crippen molar-refractivity contribution in [2.45, 2.75) is 6.04 Å². The molecule has 6 nitrogen and oxygen atoms in total. The van der Waals surface area contributed by atoms with Crippen LogP contribution in [0.25, 0.3) is 0 Å². The van der Waals surface area contributed by atoms with E-state index in [-0.39, 0.29) is 6.61 Å². The topological polar surface area (TPSA) is 95.9 Å². The average Bonchev–Trinajstić information content (AvgIpc) is 2.33. The number of nitrogens with one attached hydrogen (secondary N) is 1. The minimum Gasteiger partial charge on any atom is -0.484 e. The van der Waals surface area contributed by atoms with Crippen molar-refractivity contribution in [1.29, 1.82) is 0 Å². The lowest BCUT2D eigenvalue weighted by Gasteiger charge is -2.12. The van der Waals surface area contributed by atoms with E-state index in [1.807, 2.05) is 0 Å². The number of ether oxygens (including phenoxy) is 1. The van der Waals surface area contributed by atoms with E-state index in [4.69, 9.17) is 26.6 Å². The highest BCUT2D eigenvalue weighted by Crippen LogP contribution is 2.16. The molecule has 0 heterocycles. The van der Waals surface area contributed by atoms with E-state index in [2.05, 4.69) is 5.32 Å². The molecule has 0 fully saturated rings. The van der Waals surface area contributed by atoms with Crippen LogP contribution in [0.3, 0.4) is 0 Å². The van der Waals surface area contributed by atoms with Gasteiger partial charge in [0.05, 0.1) is 6.61 Å². The van der Waals surface area contributed by atoms with Gasteiger partial charge in [-0.1, -0.05) is 17.7 Å². The first-order chi connectivity index (χ1) is 8.52. The SMILES string of the molecule is O=C(COc1cccc(Cl)c1)N[C@@H](CO)C(=O)O. The van der Waals surface area contributed by atoms with Crippen LogP contribution in [-0.2, 0) is 9.59 Å². The van der Waals surface area contributed by atoms with Crippen molar-refractivity contribution in [3.8, 4) is 5.75 Å². The summed E-state index contributed by atoms with van der Waals surface area (Å²) < 4.78 is 5.10. The maximum atomic E-state index is 11.3. The fourth-order valence-electron chi connectivity index (χ4n) is 1.13. The Morgan fingerprint density at radius 2 is 2.17 bits per heavy atom. The summed E-state index contributed by atoms with van der Waals surface area (Å²) >= 11 is 5.72. The van der Waals surface area contributed by atoms with Crippen LogP contribution < -0.4 is 10.1 Å². The minimum absolute atomic E-state index is 0.357. The lowest BCUT2D eigenvalue weighted by Crippen LogP contribution is -2.45. The zero-order chi connectivity index (χ0) is 13.5. The maximum Gasteiger partial charge on any atom is 0.328 e. The molecule has 3 N–H and O–H groups in total. The zero-order valence-corrected chi connectivity index (χ0v) is 10.1. The maximum absolute atomic E-state index is 11.3. The number of aliphatic hydroxyl groups is 1. The van der Waals surface area contributed by atoms with Gasteiger partial charge in [-0.15, -0.1) is 0 Å². The number of carboxylic acid groups (broad SMARTS) is 1. The van der Waals surface area contributed by atoms with E-state index < -0.39 is 24.5 Å². The first-order valence-electron chi connectivity index (χ1n) is 5.04. The third-order valence-corrected chi connectivity index (χ3v) is 2.22. The van der Waals surface area contributed by atoms with Crippen molar-refractivity contribution in [1.82, 2.24) is 5.32 Å². The molecule has 0 aromatic heterocycles. The number of aliphatic hydroxyl groups excluding tert-OH is 1. The van der Waals surface area contributed by atoms with Gasteiger partial charge in [-0.3, -0.25) is 4.79 Å². The number of benzene rings is 1. The van der Waals surface area contributed by atoms with Crippen LogP contribution in [-0.4, -0.2) is 41.3 Å². The molecule has 7 heteroatoms. The van der Waals surface area contributed by atoms with Gasteiger partial charge < -0.3 is 20.3 Å². The highest BCUT2D eigenvalue weighted by Gasteiger charge is 2.18. The van der Waals surface area contributed by atoms with E-state index >= 15 is 0 Å². The summed E-state index contributed by atoms with van der Waals surface area (Å²) in [7, 11) is 0. The Morgan fingerprint density at radius 1 is 1.44 bits per heavy atom. The van der Waals surface area contributed by atoms with E-state index in [0.717, 1.165) is 0 Å². The molecule has 0 unspecified atom stereocenters. The highest BCUT2D eigenvalue weighted by molar-refractivity contribution is 6.30. The van der Waals surface area contributed by atoms with E-state index in [1.54, 1.807) is 18.2 Å². The minimum atomic E-state index is -1.33. The van der Waals surface area contributed by atoms with Crippen LogP contribution in [0.2, 0.25) is 5.02 Å². The summed E-state index contributed by atoms with van der Waals surface area (Å²) in [6.07, 6.45) is 0. The third-order valence-electron chi connectivity index (χ3n) is 1.98. The van der Waals surface area contributed by atoms with Gasteiger partial charge in [0.25, 0.3) is 5.91 Å². The van der Waals surface area contributed by atoms with Gasteiger partial charge >= 0.3 is 5.97 Å². The Bertz CT molecular complexity index is 437. The van der Waals surface area contributed by atoms with Gasteiger partial charge in [0, 0.05) is 5.02 Å². The number of carboxylic acids is 1. The quantitative estimate of drug-likeness (QED) is 0.692. The van der Waals surface area contributed by atoms with Crippen LogP contribution in [0.1, 0.15) is 0 Å². The van der Waals surface area contributed by atoms with Gasteiger partial charge in [-0.25, -0.2) is 4.79 Å². The van der Waals surface area contributed by atoms with Crippen molar-refractivity contribution in [3.05, 3.63) is 29.3 Å². The third kappa shape index (κ3) is 4.60. The van der Waals surface area contributed by atoms with Crippen LogP contribution in [0, 0.1) is 0 Å². The lowest BCUT2D eigenvalue weighted by atomic mass is 10.3. The largest absolute Gasteiger partial charge is 0.484 e. The summed E-state index contributed by atoms with van der Waals surface area (Å²) in [4.78, 5) is 21.9. The predicted octanol–water partition coefficient (Wildman–Crippen LogP) is 0.280. The monoisotopic (exact) mass is 273 g/mol. The molecule has 0 saturated carbocycles. The molecular weight excluding hydrogens is 262 g/mol. The Balaban J connectivity index is 2.44. The Morgan fingerprint density at radius 3 is 2.72 bits per heavy atom. The van der Waals surface area contributed by atoms with E-state index in [1.165, 1.54) is 6.07 Å². The van der Waals surface area contributed by atoms with E-state index in [9.17, 15) is 9.59 Å². The second-order valence-corrected chi connectivity index (χ2v) is 3.82. The van der Waals surface area contributed by atoms with Gasteiger partial charge in [-0.2, -0.15) is 0 Å². The number of rotatable bonds is 6. The number of aliphatic carboxylic acids is 1. The number of hydrogen-bond acceptors (Lipinski definition) is 4. The average molecular weight is 274 g/mol. The van der Waals surface area contributed by atoms with Crippen LogP contribution in [0.4, 0.5) is 0 Å². The molecule has 1 aromatic rings. The molecule has 18 heavy (non-hydrogen) atoms. The second-order valence-electron chi connectivity index (χ2n) is 3.39. The summed E-state index contributed by atoms with van der Waals surface area (Å²) in [6.45, 7) is -1.04. The molecule has 0 saturated heterocycles. The number of amides is 1. The molecule has 0 radical (unpaired) electrons. The second kappa shape index (κ2) is 6.83. The zero-order valence-electron chi connectivity index (χ0n) is 9.30. The molecule has 1 rings (SSSR count). The summed E-state index contributed by atoms with van der Waals surface area (Å²) in [5.41, 5.74) is 0. The van der Waals surface area contributed by atoms with Gasteiger partial charge in [-0.05, 0) is 18.2 Å². The highest BCUT2D eigenvalue weighted by atomic mass is 35.5. The Hall–Kier alpha value is -1.79. The van der Waals surface area contributed by atoms with Crippen molar-refractivity contribution < 1.29 is 24.5 Å². The van der Waals surface area contributed by atoms with Crippen LogP contribution >= 0.6 is 11.6 Å². The summed E-state index contributed by atoms with van der Waals surface area (Å²) in [5.74, 6) is -1.56. The molecule has 1 atom stereocenters. The number of hydrogen-bond donors (Lipinski definition) is 3. The van der Waals surface area contributed by atoms with Crippen LogP contribution in [0.5, 0.6) is 5.75 Å². The standard InChI is InChI=1S/C11H12ClNO5/c12-7-2-1-3-8(4-7)18-6-10(15)13-9(5-14)11(16)17/h1-4,9,14H,5-6H2,(H,13,15)(H,16,17)/t9-/m0/s1. The molecular formula is C11H12ClNO5. The number of carbonyl (C=O) groups excluding carboxylic acids is 1. The summed E-state index contributed by atoms with van der Waals surface area (Å²) in [5, 5.41) is 19.9. The Labute approximate surface area is 108 Å². The fraction of sp³-hybridized carbons (Fsp3) is 0.273. The molecule has 0 aliphatic carbocycles. The molecule has 98 valence electrons. The first-order valence-corrected chi connectivity index (χ1v) is 5.42. The first kappa shape index (κ1) is 14.3. The molecule has 0 aliphatic rings. The predicted molar refractivity (Wildman–Crippen MR) is 63.6 cm³/mol. The number of carbonyl (C=O) groups is 2. The molecule has 0 bridgehead atoms. The fourth-order valence-corrected chi connectivity index (χ4v) is 1.31. The summed E-state index contributed by atoms with van der Waals surface area (Å²) in [6, 6.07) is 5.11. The molecule has 1 amide bonds. The van der Waals surface area contributed by atoms with Crippen molar-refractivity contribution >= 4 is 23.5 Å². The van der Waals surface area contributed by atoms with Gasteiger partial charge in [0.2, 0.25) is 0 Å².